The number of amides is 1. The Kier molecular flexibility index (Phi) is 7.03. The first kappa shape index (κ1) is 23.9. The average molecular weight is 493 g/mol. The summed E-state index contributed by atoms with van der Waals surface area (Å²) < 4.78 is 13.1. The predicted octanol–water partition coefficient (Wildman–Crippen LogP) is 5.33. The Hall–Kier alpha value is -4.78. The third-order valence-electron chi connectivity index (χ3n) is 6.34. The molecule has 1 amide bonds. The predicted molar refractivity (Wildman–Crippen MR) is 145 cm³/mol. The highest BCUT2D eigenvalue weighted by atomic mass is 16.5. The fourth-order valence-corrected chi connectivity index (χ4v) is 4.53. The van der Waals surface area contributed by atoms with Crippen LogP contribution in [0, 0.1) is 0 Å². The highest BCUT2D eigenvalue weighted by Gasteiger charge is 2.24. The van der Waals surface area contributed by atoms with E-state index in [1.807, 2.05) is 79.1 Å². The van der Waals surface area contributed by atoms with Gasteiger partial charge in [-0.3, -0.25) is 4.79 Å². The zero-order chi connectivity index (χ0) is 25.6. The quantitative estimate of drug-likeness (QED) is 0.273. The van der Waals surface area contributed by atoms with Crippen LogP contribution < -0.4 is 14.8 Å². The van der Waals surface area contributed by atoms with Gasteiger partial charge in [0.15, 0.2) is 11.5 Å². The van der Waals surface area contributed by atoms with Gasteiger partial charge in [-0.1, -0.05) is 48.5 Å². The van der Waals surface area contributed by atoms with Crippen LogP contribution >= 0.6 is 0 Å². The second-order valence-corrected chi connectivity index (χ2v) is 8.56. The van der Waals surface area contributed by atoms with Crippen LogP contribution in [-0.4, -0.2) is 41.4 Å². The van der Waals surface area contributed by atoms with E-state index in [9.17, 15) is 4.79 Å². The number of nitrogens with zero attached hydrogens (tertiary/aromatic N) is 2. The number of benzene rings is 3. The number of para-hydroxylation sites is 3. The van der Waals surface area contributed by atoms with Gasteiger partial charge < -0.3 is 19.8 Å². The van der Waals surface area contributed by atoms with Gasteiger partial charge >= 0.3 is 0 Å². The van der Waals surface area contributed by atoms with Crippen LogP contribution in [0.25, 0.3) is 22.7 Å². The summed E-state index contributed by atoms with van der Waals surface area (Å²) in [6.45, 7) is 0.373. The minimum atomic E-state index is -0.195. The molecule has 0 aliphatic heterocycles. The largest absolute Gasteiger partial charge is 0.493 e. The van der Waals surface area contributed by atoms with Gasteiger partial charge in [0, 0.05) is 53.0 Å². The number of aromatic nitrogens is 3. The molecule has 5 rings (SSSR count). The number of ether oxygens (including phenoxy) is 2. The van der Waals surface area contributed by atoms with Crippen molar-refractivity contribution in [2.45, 2.75) is 5.92 Å². The molecule has 7 heteroatoms. The van der Waals surface area contributed by atoms with E-state index in [-0.39, 0.29) is 11.8 Å². The summed E-state index contributed by atoms with van der Waals surface area (Å²) in [5.74, 6) is 0.934. The van der Waals surface area contributed by atoms with Gasteiger partial charge in [-0.15, -0.1) is 0 Å². The molecule has 2 N–H and O–H groups in total. The maximum atomic E-state index is 12.9. The van der Waals surface area contributed by atoms with Crippen molar-refractivity contribution < 1.29 is 14.3 Å². The fourth-order valence-electron chi connectivity index (χ4n) is 4.53. The van der Waals surface area contributed by atoms with Crippen molar-refractivity contribution >= 4 is 22.9 Å². The molecule has 186 valence electrons. The maximum Gasteiger partial charge on any atom is 0.244 e. The Morgan fingerprint density at radius 3 is 2.62 bits per heavy atom. The van der Waals surface area contributed by atoms with Crippen molar-refractivity contribution in [2.24, 2.45) is 0 Å². The number of nitrogens with one attached hydrogen (secondary N) is 2. The smallest absolute Gasteiger partial charge is 0.244 e. The lowest BCUT2D eigenvalue weighted by atomic mass is 9.90. The number of hydrogen-bond donors (Lipinski definition) is 2. The number of hydrogen-bond acceptors (Lipinski definition) is 4. The molecule has 0 saturated carbocycles. The SMILES string of the molecule is COc1cccc(C(CNC(=O)/C=C/c2cnn(-c3ccccc3)c2)c2c[nH]c3ccccc23)c1OC. The van der Waals surface area contributed by atoms with Crippen LogP contribution in [-0.2, 0) is 4.79 Å². The first-order valence-corrected chi connectivity index (χ1v) is 12.0. The summed E-state index contributed by atoms with van der Waals surface area (Å²) in [4.78, 5) is 16.2. The average Bonchev–Trinajstić information content (AvgIpc) is 3.60. The van der Waals surface area contributed by atoms with Crippen molar-refractivity contribution in [3.63, 3.8) is 0 Å². The van der Waals surface area contributed by atoms with E-state index < -0.39 is 0 Å². The van der Waals surface area contributed by atoms with Gasteiger partial charge in [-0.2, -0.15) is 5.10 Å². The normalized spacial score (nSPS) is 12.1. The molecule has 0 saturated heterocycles. The first-order chi connectivity index (χ1) is 18.2. The minimum Gasteiger partial charge on any atom is -0.493 e. The second-order valence-electron chi connectivity index (χ2n) is 8.56. The molecule has 0 bridgehead atoms. The van der Waals surface area contributed by atoms with Crippen molar-refractivity contribution in [3.05, 3.63) is 114 Å². The molecule has 2 aromatic heterocycles. The molecule has 1 unspecified atom stereocenters. The van der Waals surface area contributed by atoms with Crippen LogP contribution in [0.3, 0.4) is 0 Å². The van der Waals surface area contributed by atoms with E-state index in [1.165, 1.54) is 6.08 Å². The number of methoxy groups -OCH3 is 2. The Morgan fingerprint density at radius 1 is 1.00 bits per heavy atom. The number of H-pyrrole nitrogens is 1. The maximum absolute atomic E-state index is 12.9. The Labute approximate surface area is 215 Å². The molecule has 0 radical (unpaired) electrons. The Balaban J connectivity index is 1.38. The van der Waals surface area contributed by atoms with Gasteiger partial charge in [-0.05, 0) is 35.9 Å². The van der Waals surface area contributed by atoms with Crippen molar-refractivity contribution in [1.82, 2.24) is 20.1 Å². The van der Waals surface area contributed by atoms with Gasteiger partial charge in [-0.25, -0.2) is 4.68 Å². The Bertz CT molecular complexity index is 1540. The van der Waals surface area contributed by atoms with Crippen molar-refractivity contribution in [1.29, 1.82) is 0 Å². The summed E-state index contributed by atoms with van der Waals surface area (Å²) in [5.41, 5.74) is 4.82. The summed E-state index contributed by atoms with van der Waals surface area (Å²) in [6, 6.07) is 23.8. The van der Waals surface area contributed by atoms with Crippen LogP contribution in [0.1, 0.15) is 22.6 Å². The molecule has 3 aromatic carbocycles. The highest BCUT2D eigenvalue weighted by molar-refractivity contribution is 5.92. The van der Waals surface area contributed by atoms with Crippen LogP contribution in [0.2, 0.25) is 0 Å². The number of carbonyl (C=O) groups excluding carboxylic acids is 1. The minimum absolute atomic E-state index is 0.167. The van der Waals surface area contributed by atoms with Crippen molar-refractivity contribution in [3.8, 4) is 17.2 Å². The third kappa shape index (κ3) is 5.11. The lowest BCUT2D eigenvalue weighted by Gasteiger charge is -2.21. The standard InChI is InChI=1S/C30H28N4O3/c1-36-28-14-8-12-24(30(28)37-2)26(25-18-31-27-13-7-6-11-23(25)27)19-32-29(35)16-15-21-17-33-34(20-21)22-9-4-3-5-10-22/h3-18,20,26,31H,19H2,1-2H3,(H,32,35)/b16-15+. The van der Waals surface area contributed by atoms with E-state index in [2.05, 4.69) is 21.5 Å². The monoisotopic (exact) mass is 492 g/mol. The second kappa shape index (κ2) is 10.9. The molecule has 2 heterocycles. The van der Waals surface area contributed by atoms with Crippen LogP contribution in [0.4, 0.5) is 0 Å². The molecule has 37 heavy (non-hydrogen) atoms. The zero-order valence-electron chi connectivity index (χ0n) is 20.7. The number of aromatic amines is 1. The van der Waals surface area contributed by atoms with E-state index in [0.717, 1.165) is 33.3 Å². The van der Waals surface area contributed by atoms with E-state index in [1.54, 1.807) is 31.2 Å². The summed E-state index contributed by atoms with van der Waals surface area (Å²) in [5, 5.41) is 8.54. The van der Waals surface area contributed by atoms with Crippen molar-refractivity contribution in [2.75, 3.05) is 20.8 Å². The van der Waals surface area contributed by atoms with Gasteiger partial charge in [0.25, 0.3) is 0 Å². The van der Waals surface area contributed by atoms with Gasteiger partial charge in [0.1, 0.15) is 0 Å². The first-order valence-electron chi connectivity index (χ1n) is 12.0. The summed E-state index contributed by atoms with van der Waals surface area (Å²) in [7, 11) is 3.25. The lowest BCUT2D eigenvalue weighted by molar-refractivity contribution is -0.116. The van der Waals surface area contributed by atoms with E-state index in [4.69, 9.17) is 9.47 Å². The molecular weight excluding hydrogens is 464 g/mol. The third-order valence-corrected chi connectivity index (χ3v) is 6.34. The summed E-state index contributed by atoms with van der Waals surface area (Å²) >= 11 is 0. The van der Waals surface area contributed by atoms with E-state index in [0.29, 0.717) is 18.0 Å². The molecule has 0 aliphatic rings. The fraction of sp³-hybridized carbons (Fsp3) is 0.133. The van der Waals surface area contributed by atoms with E-state index >= 15 is 0 Å². The van der Waals surface area contributed by atoms with Gasteiger partial charge in [0.2, 0.25) is 5.91 Å². The Morgan fingerprint density at radius 2 is 1.81 bits per heavy atom. The topological polar surface area (TPSA) is 81.2 Å². The lowest BCUT2D eigenvalue weighted by Crippen LogP contribution is -2.27. The molecule has 5 aromatic rings. The number of fused-ring (bicyclic) bond motifs is 1. The molecular formula is C30H28N4O3. The highest BCUT2D eigenvalue weighted by Crippen LogP contribution is 2.40. The number of rotatable bonds is 9. The summed E-state index contributed by atoms with van der Waals surface area (Å²) in [6.07, 6.45) is 8.89. The molecule has 0 spiro atoms. The molecule has 7 nitrogen and oxygen atoms in total. The van der Waals surface area contributed by atoms with Crippen LogP contribution in [0.5, 0.6) is 11.5 Å². The molecule has 0 aliphatic carbocycles. The van der Waals surface area contributed by atoms with Crippen LogP contribution in [0.15, 0.2) is 97.5 Å². The number of carbonyl (C=O) groups is 1. The zero-order valence-corrected chi connectivity index (χ0v) is 20.7. The van der Waals surface area contributed by atoms with Gasteiger partial charge in [0.05, 0.1) is 26.1 Å². The molecule has 0 fully saturated rings. The molecule has 1 atom stereocenters.